The molecule has 0 spiro atoms. The Morgan fingerprint density at radius 2 is 1.90 bits per heavy atom. The smallest absolute Gasteiger partial charge is 0.353 e. The molecule has 0 saturated heterocycles. The van der Waals surface area contributed by atoms with Gasteiger partial charge in [-0.05, 0) is 37.3 Å². The number of benzene rings is 2. The lowest BCUT2D eigenvalue weighted by molar-refractivity contribution is 0.0687. The van der Waals surface area contributed by atoms with Crippen LogP contribution in [0.25, 0.3) is 22.0 Å². The first-order valence-corrected chi connectivity index (χ1v) is 8.77. The van der Waals surface area contributed by atoms with Crippen molar-refractivity contribution in [2.45, 2.75) is 13.5 Å². The maximum atomic E-state index is 14.5. The molecule has 7 heteroatoms. The van der Waals surface area contributed by atoms with Crippen molar-refractivity contribution in [2.75, 3.05) is 0 Å². The van der Waals surface area contributed by atoms with Crippen LogP contribution in [0.5, 0.6) is 0 Å². The van der Waals surface area contributed by atoms with Crippen molar-refractivity contribution in [1.29, 1.82) is 0 Å². The van der Waals surface area contributed by atoms with E-state index in [1.807, 2.05) is 6.92 Å². The van der Waals surface area contributed by atoms with Crippen molar-refractivity contribution in [3.05, 3.63) is 89.1 Å². The third-order valence-electron chi connectivity index (χ3n) is 4.79. The molecule has 2 heterocycles. The second kappa shape index (κ2) is 7.09. The van der Waals surface area contributed by atoms with E-state index in [9.17, 15) is 23.1 Å². The topological polar surface area (TPSA) is 55.1 Å². The maximum absolute atomic E-state index is 14.5. The van der Waals surface area contributed by atoms with Gasteiger partial charge in [-0.1, -0.05) is 17.7 Å². The first kappa shape index (κ1) is 18.7. The molecule has 0 aliphatic carbocycles. The molecule has 0 unspecified atom stereocenters. The molecule has 4 rings (SSSR count). The summed E-state index contributed by atoms with van der Waals surface area (Å²) in [7, 11) is 0. The minimum absolute atomic E-state index is 0.0406. The van der Waals surface area contributed by atoms with Crippen molar-refractivity contribution in [3.63, 3.8) is 0 Å². The summed E-state index contributed by atoms with van der Waals surface area (Å²) in [5.41, 5.74) is 1.48. The molecule has 29 heavy (non-hydrogen) atoms. The number of aromatic nitrogens is 2. The molecule has 0 aliphatic heterocycles. The lowest BCUT2D eigenvalue weighted by atomic mass is 10.0. The summed E-state index contributed by atoms with van der Waals surface area (Å²) in [4.78, 5) is 15.8. The van der Waals surface area contributed by atoms with E-state index >= 15 is 0 Å². The SMILES string of the molecule is Cc1ccc2c(c1)c(-c1cccnc1F)c(C(=O)O)n2Cc1ccc(F)cc1F. The highest BCUT2D eigenvalue weighted by Gasteiger charge is 2.26. The summed E-state index contributed by atoms with van der Waals surface area (Å²) < 4.78 is 43.4. The van der Waals surface area contributed by atoms with Crippen LogP contribution in [0.2, 0.25) is 0 Å². The highest BCUT2D eigenvalue weighted by Crippen LogP contribution is 2.37. The van der Waals surface area contributed by atoms with Crippen LogP contribution in [0.15, 0.2) is 54.7 Å². The number of pyridine rings is 1. The summed E-state index contributed by atoms with van der Waals surface area (Å²) in [6.07, 6.45) is 1.28. The molecule has 0 saturated carbocycles. The molecule has 0 radical (unpaired) electrons. The fourth-order valence-corrected chi connectivity index (χ4v) is 3.52. The number of fused-ring (bicyclic) bond motifs is 1. The third-order valence-corrected chi connectivity index (χ3v) is 4.79. The number of hydrogen-bond donors (Lipinski definition) is 1. The van der Waals surface area contributed by atoms with Gasteiger partial charge in [-0.15, -0.1) is 0 Å². The normalized spacial score (nSPS) is 11.2. The Kier molecular flexibility index (Phi) is 4.58. The monoisotopic (exact) mass is 396 g/mol. The van der Waals surface area contributed by atoms with Crippen LogP contribution >= 0.6 is 0 Å². The number of hydrogen-bond acceptors (Lipinski definition) is 2. The van der Waals surface area contributed by atoms with E-state index in [-0.39, 0.29) is 28.9 Å². The number of carbonyl (C=O) groups is 1. The summed E-state index contributed by atoms with van der Waals surface area (Å²) in [6, 6.07) is 11.3. The lowest BCUT2D eigenvalue weighted by Gasteiger charge is -2.10. The molecule has 2 aromatic carbocycles. The van der Waals surface area contributed by atoms with E-state index in [1.165, 1.54) is 29.0 Å². The van der Waals surface area contributed by atoms with Crippen LogP contribution in [0.4, 0.5) is 13.2 Å². The fourth-order valence-electron chi connectivity index (χ4n) is 3.52. The van der Waals surface area contributed by atoms with Crippen molar-refractivity contribution in [2.24, 2.45) is 0 Å². The first-order valence-electron chi connectivity index (χ1n) is 8.77. The second-order valence-corrected chi connectivity index (χ2v) is 6.71. The predicted molar refractivity (Wildman–Crippen MR) is 102 cm³/mol. The Bertz CT molecular complexity index is 1260. The van der Waals surface area contributed by atoms with Crippen LogP contribution in [0.3, 0.4) is 0 Å². The molecular weight excluding hydrogens is 381 g/mol. The Labute approximate surface area is 163 Å². The Morgan fingerprint density at radius 1 is 1.10 bits per heavy atom. The molecule has 0 atom stereocenters. The van der Waals surface area contributed by atoms with Crippen molar-refractivity contribution < 1.29 is 23.1 Å². The van der Waals surface area contributed by atoms with E-state index in [2.05, 4.69) is 4.98 Å². The Morgan fingerprint density at radius 3 is 2.59 bits per heavy atom. The van der Waals surface area contributed by atoms with Crippen molar-refractivity contribution in [3.8, 4) is 11.1 Å². The third kappa shape index (κ3) is 3.24. The van der Waals surface area contributed by atoms with Gasteiger partial charge >= 0.3 is 5.97 Å². The summed E-state index contributed by atoms with van der Waals surface area (Å²) >= 11 is 0. The average Bonchev–Trinajstić information content (AvgIpc) is 2.98. The number of rotatable bonds is 4. The van der Waals surface area contributed by atoms with Gasteiger partial charge in [0, 0.05) is 39.9 Å². The molecule has 0 fully saturated rings. The van der Waals surface area contributed by atoms with Crippen molar-refractivity contribution >= 4 is 16.9 Å². The summed E-state index contributed by atoms with van der Waals surface area (Å²) in [5, 5.41) is 10.5. The van der Waals surface area contributed by atoms with Crippen LogP contribution in [0.1, 0.15) is 21.6 Å². The Hall–Kier alpha value is -3.61. The predicted octanol–water partition coefficient (Wildman–Crippen LogP) is 5.18. The first-order chi connectivity index (χ1) is 13.9. The number of aryl methyl sites for hydroxylation is 1. The maximum Gasteiger partial charge on any atom is 0.353 e. The molecule has 146 valence electrons. The van der Waals surface area contributed by atoms with Crippen LogP contribution in [-0.2, 0) is 6.54 Å². The molecule has 0 aliphatic rings. The zero-order chi connectivity index (χ0) is 20.7. The van der Waals surface area contributed by atoms with E-state index in [0.29, 0.717) is 10.9 Å². The molecule has 4 nitrogen and oxygen atoms in total. The molecule has 0 bridgehead atoms. The minimum atomic E-state index is -1.29. The molecule has 2 aromatic heterocycles. The quantitative estimate of drug-likeness (QED) is 0.484. The van der Waals surface area contributed by atoms with Gasteiger partial charge in [-0.3, -0.25) is 0 Å². The fraction of sp³-hybridized carbons (Fsp3) is 0.0909. The van der Waals surface area contributed by atoms with Crippen LogP contribution < -0.4 is 0 Å². The van der Waals surface area contributed by atoms with Gasteiger partial charge in [0.15, 0.2) is 0 Å². The number of halogens is 3. The van der Waals surface area contributed by atoms with Gasteiger partial charge in [0.2, 0.25) is 5.95 Å². The zero-order valence-corrected chi connectivity index (χ0v) is 15.3. The van der Waals surface area contributed by atoms with Crippen LogP contribution in [-0.4, -0.2) is 20.6 Å². The number of carboxylic acids is 1. The lowest BCUT2D eigenvalue weighted by Crippen LogP contribution is -2.12. The van der Waals surface area contributed by atoms with Gasteiger partial charge in [0.05, 0.1) is 6.54 Å². The highest BCUT2D eigenvalue weighted by atomic mass is 19.1. The number of carboxylic acid groups (broad SMARTS) is 1. The standard InChI is InChI=1S/C22H15F3N2O2/c1-12-4-7-18-16(9-12)19(15-3-2-8-26-21(15)25)20(22(28)29)27(18)11-13-5-6-14(23)10-17(13)24/h2-10H,11H2,1H3,(H,28,29). The molecule has 1 N–H and O–H groups in total. The highest BCUT2D eigenvalue weighted by molar-refractivity contribution is 6.08. The van der Waals surface area contributed by atoms with Gasteiger partial charge in [-0.25, -0.2) is 18.6 Å². The minimum Gasteiger partial charge on any atom is -0.477 e. The second-order valence-electron chi connectivity index (χ2n) is 6.71. The van der Waals surface area contributed by atoms with Gasteiger partial charge < -0.3 is 9.67 Å². The van der Waals surface area contributed by atoms with E-state index in [4.69, 9.17) is 0 Å². The summed E-state index contributed by atoms with van der Waals surface area (Å²) in [6.45, 7) is 1.68. The average molecular weight is 396 g/mol. The summed E-state index contributed by atoms with van der Waals surface area (Å²) in [5.74, 6) is -3.61. The van der Waals surface area contributed by atoms with Gasteiger partial charge in [0.25, 0.3) is 0 Å². The van der Waals surface area contributed by atoms with Crippen molar-refractivity contribution in [1.82, 2.24) is 9.55 Å². The zero-order valence-electron chi connectivity index (χ0n) is 15.3. The molecule has 0 amide bonds. The number of aromatic carboxylic acids is 1. The van der Waals surface area contributed by atoms with Crippen LogP contribution in [0, 0.1) is 24.5 Å². The van der Waals surface area contributed by atoms with Gasteiger partial charge in [-0.2, -0.15) is 4.39 Å². The Balaban J connectivity index is 2.05. The molecule has 4 aromatic rings. The van der Waals surface area contributed by atoms with E-state index in [0.717, 1.165) is 17.7 Å². The van der Waals surface area contributed by atoms with E-state index < -0.39 is 23.6 Å². The number of nitrogens with zero attached hydrogens (tertiary/aromatic N) is 2. The van der Waals surface area contributed by atoms with Gasteiger partial charge in [0.1, 0.15) is 17.3 Å². The van der Waals surface area contributed by atoms with E-state index in [1.54, 1.807) is 18.2 Å². The largest absolute Gasteiger partial charge is 0.477 e. The molecular formula is C22H15F3N2O2.